The minimum absolute atomic E-state index is 0.407. The van der Waals surface area contributed by atoms with Crippen LogP contribution in [0.2, 0.25) is 0 Å². The second-order valence-corrected chi connectivity index (χ2v) is 6.59. The van der Waals surface area contributed by atoms with Crippen molar-refractivity contribution < 1.29 is 9.47 Å². The van der Waals surface area contributed by atoms with Gasteiger partial charge in [0, 0.05) is 22.4 Å². The highest BCUT2D eigenvalue weighted by atomic mass is 32.1. The second kappa shape index (κ2) is 6.16. The number of hydrogen-bond acceptors (Lipinski definition) is 5. The Morgan fingerprint density at radius 1 is 1.04 bits per heavy atom. The maximum Gasteiger partial charge on any atom is 0.142 e. The zero-order chi connectivity index (χ0) is 16.6. The molecule has 23 heavy (non-hydrogen) atoms. The molecule has 0 spiro atoms. The molecule has 120 valence electrons. The molecule has 2 aromatic heterocycles. The van der Waals surface area contributed by atoms with Gasteiger partial charge in [-0.2, -0.15) is 0 Å². The standard InChI is InChI=1S/C18H20N2O2S/c1-10(2)14-9-23-18(20-14)13-8-16(22-5)12-6-7-15(21-4)11(3)17(12)19-13/h6-10H,1-5H3. The molecule has 0 atom stereocenters. The van der Waals surface area contributed by atoms with E-state index in [2.05, 4.69) is 19.2 Å². The molecule has 0 unspecified atom stereocenters. The number of nitrogens with zero attached hydrogens (tertiary/aromatic N) is 2. The number of aryl methyl sites for hydroxylation is 1. The van der Waals surface area contributed by atoms with E-state index in [1.807, 2.05) is 25.1 Å². The van der Waals surface area contributed by atoms with Crippen LogP contribution in [-0.4, -0.2) is 24.2 Å². The molecule has 0 saturated heterocycles. The maximum atomic E-state index is 5.57. The summed E-state index contributed by atoms with van der Waals surface area (Å²) in [7, 11) is 3.35. The van der Waals surface area contributed by atoms with Gasteiger partial charge in [0.2, 0.25) is 0 Å². The Balaban J connectivity index is 2.23. The molecule has 0 fully saturated rings. The molecule has 0 saturated carbocycles. The Bertz CT molecular complexity index is 856. The van der Waals surface area contributed by atoms with E-state index in [-0.39, 0.29) is 0 Å². The van der Waals surface area contributed by atoms with Crippen LogP contribution in [0.25, 0.3) is 21.6 Å². The van der Waals surface area contributed by atoms with Crippen molar-refractivity contribution in [1.82, 2.24) is 9.97 Å². The van der Waals surface area contributed by atoms with Crippen LogP contribution < -0.4 is 9.47 Å². The lowest BCUT2D eigenvalue weighted by Gasteiger charge is -2.12. The maximum absolute atomic E-state index is 5.57. The summed E-state index contributed by atoms with van der Waals surface area (Å²) in [6.45, 7) is 6.29. The quantitative estimate of drug-likeness (QED) is 0.689. The summed E-state index contributed by atoms with van der Waals surface area (Å²) in [5, 5.41) is 3.99. The lowest BCUT2D eigenvalue weighted by molar-refractivity contribution is 0.411. The van der Waals surface area contributed by atoms with Gasteiger partial charge in [-0.15, -0.1) is 11.3 Å². The van der Waals surface area contributed by atoms with Crippen LogP contribution >= 0.6 is 11.3 Å². The van der Waals surface area contributed by atoms with E-state index in [0.29, 0.717) is 5.92 Å². The molecule has 5 heteroatoms. The first kappa shape index (κ1) is 15.7. The molecule has 0 bridgehead atoms. The highest BCUT2D eigenvalue weighted by Gasteiger charge is 2.15. The Morgan fingerprint density at radius 2 is 1.78 bits per heavy atom. The Hall–Kier alpha value is -2.14. The Morgan fingerprint density at radius 3 is 2.39 bits per heavy atom. The third kappa shape index (κ3) is 2.77. The average Bonchev–Trinajstić information content (AvgIpc) is 3.05. The second-order valence-electron chi connectivity index (χ2n) is 5.73. The lowest BCUT2D eigenvalue weighted by atomic mass is 10.1. The smallest absolute Gasteiger partial charge is 0.142 e. The largest absolute Gasteiger partial charge is 0.496 e. The monoisotopic (exact) mass is 328 g/mol. The van der Waals surface area contributed by atoms with Crippen LogP contribution in [0.15, 0.2) is 23.6 Å². The molecule has 3 rings (SSSR count). The number of aromatic nitrogens is 2. The van der Waals surface area contributed by atoms with Crippen molar-refractivity contribution in [3.8, 4) is 22.2 Å². The van der Waals surface area contributed by atoms with E-state index < -0.39 is 0 Å². The summed E-state index contributed by atoms with van der Waals surface area (Å²) in [6.07, 6.45) is 0. The SMILES string of the molecule is COc1ccc2c(OC)cc(-c3nc(C(C)C)cs3)nc2c1C. The van der Waals surface area contributed by atoms with Crippen LogP contribution in [0.1, 0.15) is 31.0 Å². The summed E-state index contributed by atoms with van der Waals surface area (Å²) in [5.41, 5.74) is 3.82. The molecule has 3 aromatic rings. The molecule has 0 amide bonds. The Kier molecular flexibility index (Phi) is 4.22. The van der Waals surface area contributed by atoms with E-state index in [1.54, 1.807) is 25.6 Å². The normalized spacial score (nSPS) is 11.2. The fourth-order valence-electron chi connectivity index (χ4n) is 2.55. The lowest BCUT2D eigenvalue weighted by Crippen LogP contribution is -1.95. The third-order valence-corrected chi connectivity index (χ3v) is 4.80. The minimum Gasteiger partial charge on any atom is -0.496 e. The van der Waals surface area contributed by atoms with Gasteiger partial charge in [0.25, 0.3) is 0 Å². The molecule has 1 aromatic carbocycles. The molecular weight excluding hydrogens is 308 g/mol. The van der Waals surface area contributed by atoms with Gasteiger partial charge in [-0.05, 0) is 25.0 Å². The number of benzene rings is 1. The molecular formula is C18H20N2O2S. The van der Waals surface area contributed by atoms with Crippen LogP contribution in [0.4, 0.5) is 0 Å². The van der Waals surface area contributed by atoms with Crippen molar-refractivity contribution in [2.45, 2.75) is 26.7 Å². The predicted molar refractivity (Wildman–Crippen MR) is 94.8 cm³/mol. The number of ether oxygens (including phenoxy) is 2. The zero-order valence-corrected chi connectivity index (χ0v) is 14.8. The summed E-state index contributed by atoms with van der Waals surface area (Å²) in [6, 6.07) is 5.89. The number of rotatable bonds is 4. The number of methoxy groups -OCH3 is 2. The molecule has 0 aliphatic carbocycles. The first-order valence-electron chi connectivity index (χ1n) is 7.53. The molecule has 0 radical (unpaired) electrons. The predicted octanol–water partition coefficient (Wildman–Crippen LogP) is 4.81. The van der Waals surface area contributed by atoms with Crippen molar-refractivity contribution in [1.29, 1.82) is 0 Å². The van der Waals surface area contributed by atoms with Crippen LogP contribution in [0.5, 0.6) is 11.5 Å². The van der Waals surface area contributed by atoms with Crippen LogP contribution in [0.3, 0.4) is 0 Å². The van der Waals surface area contributed by atoms with Gasteiger partial charge in [0.1, 0.15) is 22.2 Å². The first-order valence-corrected chi connectivity index (χ1v) is 8.41. The van der Waals surface area contributed by atoms with E-state index in [9.17, 15) is 0 Å². The van der Waals surface area contributed by atoms with E-state index in [1.165, 1.54) is 0 Å². The van der Waals surface area contributed by atoms with Gasteiger partial charge in [0.15, 0.2) is 0 Å². The van der Waals surface area contributed by atoms with Gasteiger partial charge in [-0.1, -0.05) is 13.8 Å². The highest BCUT2D eigenvalue weighted by molar-refractivity contribution is 7.13. The van der Waals surface area contributed by atoms with Crippen molar-refractivity contribution in [3.63, 3.8) is 0 Å². The van der Waals surface area contributed by atoms with E-state index in [4.69, 9.17) is 19.4 Å². The Labute approximate surface area is 140 Å². The number of hydrogen-bond donors (Lipinski definition) is 0. The van der Waals surface area contributed by atoms with E-state index in [0.717, 1.165) is 44.4 Å². The number of fused-ring (bicyclic) bond motifs is 1. The van der Waals surface area contributed by atoms with Gasteiger partial charge in [-0.3, -0.25) is 0 Å². The number of pyridine rings is 1. The zero-order valence-electron chi connectivity index (χ0n) is 14.0. The van der Waals surface area contributed by atoms with Crippen molar-refractivity contribution >= 4 is 22.2 Å². The van der Waals surface area contributed by atoms with Gasteiger partial charge in [0.05, 0.1) is 25.4 Å². The molecule has 0 N–H and O–H groups in total. The third-order valence-electron chi connectivity index (χ3n) is 3.92. The van der Waals surface area contributed by atoms with Gasteiger partial charge >= 0.3 is 0 Å². The summed E-state index contributed by atoms with van der Waals surface area (Å²) in [5.74, 6) is 2.03. The van der Waals surface area contributed by atoms with Crippen LogP contribution in [-0.2, 0) is 0 Å². The van der Waals surface area contributed by atoms with Crippen molar-refractivity contribution in [3.05, 3.63) is 34.8 Å². The van der Waals surface area contributed by atoms with Crippen LogP contribution in [0, 0.1) is 6.92 Å². The first-order chi connectivity index (χ1) is 11.0. The van der Waals surface area contributed by atoms with Crippen molar-refractivity contribution in [2.24, 2.45) is 0 Å². The van der Waals surface area contributed by atoms with E-state index >= 15 is 0 Å². The molecule has 0 aliphatic rings. The fourth-order valence-corrected chi connectivity index (χ4v) is 3.49. The topological polar surface area (TPSA) is 44.2 Å². The molecule has 0 aliphatic heterocycles. The number of thiazole rings is 1. The van der Waals surface area contributed by atoms with Gasteiger partial charge in [-0.25, -0.2) is 9.97 Å². The fraction of sp³-hybridized carbons (Fsp3) is 0.333. The van der Waals surface area contributed by atoms with Crippen molar-refractivity contribution in [2.75, 3.05) is 14.2 Å². The summed E-state index contributed by atoms with van der Waals surface area (Å²) < 4.78 is 11.0. The van der Waals surface area contributed by atoms with Gasteiger partial charge < -0.3 is 9.47 Å². The minimum atomic E-state index is 0.407. The average molecular weight is 328 g/mol. The molecule has 2 heterocycles. The highest BCUT2D eigenvalue weighted by Crippen LogP contribution is 2.36. The summed E-state index contributed by atoms with van der Waals surface area (Å²) >= 11 is 1.61. The summed E-state index contributed by atoms with van der Waals surface area (Å²) in [4.78, 5) is 9.53. The molecule has 4 nitrogen and oxygen atoms in total.